The molecule has 3 rings (SSSR count). The maximum absolute atomic E-state index is 12.4. The Balaban J connectivity index is 1.53. The normalized spacial score (nSPS) is 20.6. The van der Waals surface area contributed by atoms with Crippen LogP contribution in [0.1, 0.15) is 50.4 Å². The van der Waals surface area contributed by atoms with E-state index in [9.17, 15) is 9.59 Å². The molecule has 1 aliphatic rings. The number of piperidine rings is 1. The van der Waals surface area contributed by atoms with Crippen molar-refractivity contribution in [2.75, 3.05) is 16.1 Å². The molecule has 150 valence electrons. The van der Waals surface area contributed by atoms with Crippen molar-refractivity contribution < 1.29 is 18.9 Å². The molecule has 0 bridgehead atoms. The fraction of sp³-hybridized carbons (Fsp3) is 0.500. The molecule has 3 atom stereocenters. The zero-order chi connectivity index (χ0) is 20.1. The molecule has 1 amide bonds. The molecule has 1 N–H and O–H groups in total. The number of hydrogen-bond acceptors (Lipinski definition) is 6. The molecule has 0 spiro atoms. The number of aromatic nitrogens is 2. The van der Waals surface area contributed by atoms with Gasteiger partial charge in [0.1, 0.15) is 0 Å². The number of hydrogen-bond donors (Lipinski definition) is 1. The summed E-state index contributed by atoms with van der Waals surface area (Å²) in [5, 5.41) is 8.95. The van der Waals surface area contributed by atoms with Crippen molar-refractivity contribution in [1.82, 2.24) is 5.27 Å². The molecular formula is C20H27N4O3S+. The third-order valence-electron chi connectivity index (χ3n) is 5.01. The first kappa shape index (κ1) is 20.4. The van der Waals surface area contributed by atoms with Crippen molar-refractivity contribution in [3.8, 4) is 0 Å². The predicted molar refractivity (Wildman–Crippen MR) is 109 cm³/mol. The van der Waals surface area contributed by atoms with Crippen molar-refractivity contribution in [2.24, 2.45) is 5.92 Å². The average molecular weight is 404 g/mol. The Labute approximate surface area is 169 Å². The van der Waals surface area contributed by atoms with Crippen molar-refractivity contribution >= 4 is 28.7 Å². The summed E-state index contributed by atoms with van der Waals surface area (Å²) in [4.78, 5) is 26.3. The lowest BCUT2D eigenvalue weighted by Gasteiger charge is -2.31. The number of thioether (sulfide) groups is 1. The van der Waals surface area contributed by atoms with Gasteiger partial charge in [0.15, 0.2) is 0 Å². The van der Waals surface area contributed by atoms with Crippen LogP contribution in [0.15, 0.2) is 41.1 Å². The van der Waals surface area contributed by atoms with Gasteiger partial charge in [-0.1, -0.05) is 49.0 Å². The molecule has 8 heteroatoms. The fourth-order valence-electron chi connectivity index (χ4n) is 3.39. The molecule has 1 aliphatic heterocycles. The zero-order valence-corrected chi connectivity index (χ0v) is 17.3. The third kappa shape index (κ3) is 4.92. The summed E-state index contributed by atoms with van der Waals surface area (Å²) in [6, 6.07) is 9.79. The van der Waals surface area contributed by atoms with Gasteiger partial charge in [0.2, 0.25) is 16.3 Å². The SMILES string of the molecule is CC1CCCC(C)N1[n+]1cc(NC(=O)[C@H](C)CSC(=O)c2ccccc2)on1. The molecule has 2 unspecified atom stereocenters. The van der Waals surface area contributed by atoms with E-state index < -0.39 is 0 Å². The highest BCUT2D eigenvalue weighted by atomic mass is 32.2. The second-order valence-electron chi connectivity index (χ2n) is 7.35. The van der Waals surface area contributed by atoms with Crippen LogP contribution in [0.3, 0.4) is 0 Å². The first-order chi connectivity index (χ1) is 13.5. The lowest BCUT2D eigenvalue weighted by molar-refractivity contribution is -0.765. The molecular weight excluding hydrogens is 376 g/mol. The van der Waals surface area contributed by atoms with E-state index in [0.29, 0.717) is 29.3 Å². The van der Waals surface area contributed by atoms with Crippen molar-refractivity contribution in [3.63, 3.8) is 0 Å². The van der Waals surface area contributed by atoms with Crippen LogP contribution in [0.4, 0.5) is 5.88 Å². The van der Waals surface area contributed by atoms with E-state index in [4.69, 9.17) is 4.52 Å². The molecule has 7 nitrogen and oxygen atoms in total. The molecule has 0 radical (unpaired) electrons. The van der Waals surface area contributed by atoms with Gasteiger partial charge in [-0.25, -0.2) is 0 Å². The number of rotatable bonds is 6. The molecule has 0 aliphatic carbocycles. The van der Waals surface area contributed by atoms with Crippen LogP contribution in [0.2, 0.25) is 0 Å². The van der Waals surface area contributed by atoms with Gasteiger partial charge >= 0.3 is 5.88 Å². The number of benzene rings is 1. The predicted octanol–water partition coefficient (Wildman–Crippen LogP) is 3.01. The Morgan fingerprint density at radius 1 is 1.29 bits per heavy atom. The summed E-state index contributed by atoms with van der Waals surface area (Å²) in [7, 11) is 0. The van der Waals surface area contributed by atoms with E-state index in [-0.39, 0.29) is 16.9 Å². The lowest BCUT2D eigenvalue weighted by Crippen LogP contribution is -2.67. The number of nitrogens with zero attached hydrogens (tertiary/aromatic N) is 3. The number of carbonyl (C=O) groups is 2. The molecule has 1 saturated heterocycles. The van der Waals surface area contributed by atoms with Crippen LogP contribution in [-0.2, 0) is 4.79 Å². The number of anilines is 1. The maximum Gasteiger partial charge on any atom is 0.305 e. The van der Waals surface area contributed by atoms with Crippen molar-refractivity contribution in [3.05, 3.63) is 42.1 Å². The molecule has 1 aromatic heterocycles. The smallest absolute Gasteiger partial charge is 0.289 e. The Morgan fingerprint density at radius 3 is 2.64 bits per heavy atom. The van der Waals surface area contributed by atoms with Gasteiger partial charge in [-0.2, -0.15) is 0 Å². The second kappa shape index (κ2) is 9.23. The number of carbonyl (C=O) groups excluding carboxylic acids is 2. The molecule has 1 fully saturated rings. The summed E-state index contributed by atoms with van der Waals surface area (Å²) in [5.74, 6) is 0.162. The minimum absolute atomic E-state index is 0.0363. The minimum atomic E-state index is -0.343. The van der Waals surface area contributed by atoms with Gasteiger partial charge in [0.05, 0.1) is 16.9 Å². The average Bonchev–Trinajstić information content (AvgIpc) is 3.14. The Morgan fingerprint density at radius 2 is 1.96 bits per heavy atom. The van der Waals surface area contributed by atoms with Crippen molar-refractivity contribution in [2.45, 2.75) is 52.1 Å². The van der Waals surface area contributed by atoms with E-state index in [0.717, 1.165) is 24.6 Å². The molecule has 2 aromatic rings. The van der Waals surface area contributed by atoms with Gasteiger partial charge in [-0.05, 0) is 33.1 Å². The largest absolute Gasteiger partial charge is 0.305 e. The summed E-state index contributed by atoms with van der Waals surface area (Å²) in [5.41, 5.74) is 0.640. The van der Waals surface area contributed by atoms with Gasteiger partial charge in [0, 0.05) is 17.2 Å². The Bertz CT molecular complexity index is 801. The standard InChI is InChI=1S/C20H26N4O3S/c1-14(13-28-20(26)17-10-5-4-6-11-17)19(25)21-18-12-23(22-27-18)24-15(2)8-7-9-16(24)3/h4-6,10-12,14-16H,7-9,13H2,1-3H3/p+1/t14-,15?,16?/m1/s1. The highest BCUT2D eigenvalue weighted by molar-refractivity contribution is 8.14. The molecule has 2 heterocycles. The maximum atomic E-state index is 12.4. The molecule has 1 aromatic carbocycles. The van der Waals surface area contributed by atoms with E-state index in [1.54, 1.807) is 30.0 Å². The highest BCUT2D eigenvalue weighted by Gasteiger charge is 2.34. The van der Waals surface area contributed by atoms with Crippen LogP contribution < -0.4 is 15.1 Å². The van der Waals surface area contributed by atoms with Crippen LogP contribution in [-0.4, -0.2) is 34.1 Å². The van der Waals surface area contributed by atoms with E-state index in [2.05, 4.69) is 29.4 Å². The zero-order valence-electron chi connectivity index (χ0n) is 16.5. The van der Waals surface area contributed by atoms with Gasteiger partial charge in [-0.15, -0.1) is 5.01 Å². The molecule has 0 saturated carbocycles. The Kier molecular flexibility index (Phi) is 6.72. The second-order valence-corrected chi connectivity index (χ2v) is 8.34. The summed E-state index contributed by atoms with van der Waals surface area (Å²) in [6.45, 7) is 6.12. The number of amides is 1. The lowest BCUT2D eigenvalue weighted by atomic mass is 10.00. The van der Waals surface area contributed by atoms with Gasteiger partial charge in [-0.3, -0.25) is 19.4 Å². The monoisotopic (exact) mass is 403 g/mol. The van der Waals surface area contributed by atoms with Crippen LogP contribution >= 0.6 is 11.8 Å². The first-order valence-corrected chi connectivity index (χ1v) is 10.6. The van der Waals surface area contributed by atoms with Crippen molar-refractivity contribution in [1.29, 1.82) is 0 Å². The summed E-state index contributed by atoms with van der Waals surface area (Å²) in [6.07, 6.45) is 5.12. The first-order valence-electron chi connectivity index (χ1n) is 9.66. The van der Waals surface area contributed by atoms with Crippen LogP contribution in [0, 0.1) is 5.92 Å². The fourth-order valence-corrected chi connectivity index (χ4v) is 4.25. The highest BCUT2D eigenvalue weighted by Crippen LogP contribution is 2.19. The van der Waals surface area contributed by atoms with E-state index in [1.165, 1.54) is 6.42 Å². The molecule has 28 heavy (non-hydrogen) atoms. The van der Waals surface area contributed by atoms with Crippen LogP contribution in [0.25, 0.3) is 0 Å². The Hall–Kier alpha value is -2.35. The third-order valence-corrected chi connectivity index (χ3v) is 6.17. The quantitative estimate of drug-likeness (QED) is 0.747. The van der Waals surface area contributed by atoms with Gasteiger partial charge in [0.25, 0.3) is 6.20 Å². The van der Waals surface area contributed by atoms with E-state index in [1.807, 2.05) is 18.2 Å². The number of nitrogens with one attached hydrogen (secondary N) is 1. The van der Waals surface area contributed by atoms with E-state index >= 15 is 0 Å². The topological polar surface area (TPSA) is 79.3 Å². The summed E-state index contributed by atoms with van der Waals surface area (Å²) < 4.78 is 5.30. The summed E-state index contributed by atoms with van der Waals surface area (Å²) >= 11 is 1.15. The minimum Gasteiger partial charge on any atom is -0.289 e. The van der Waals surface area contributed by atoms with Gasteiger partial charge < -0.3 is 0 Å². The van der Waals surface area contributed by atoms with Crippen LogP contribution in [0.5, 0.6) is 0 Å².